The van der Waals surface area contributed by atoms with E-state index in [1.807, 2.05) is 0 Å². The number of isocyanates is 1. The van der Waals surface area contributed by atoms with Gasteiger partial charge in [-0.2, -0.15) is 0 Å². The predicted molar refractivity (Wildman–Crippen MR) is 151 cm³/mol. The minimum absolute atomic E-state index is 0.661. The third kappa shape index (κ3) is 23.6. The zero-order valence-electron chi connectivity index (χ0n) is 23.8. The number of carbonyl (C=O) groups excluding carboxylic acids is 1. The Morgan fingerprint density at radius 1 is 0.457 bits per heavy atom. The summed E-state index contributed by atoms with van der Waals surface area (Å²) in [6.07, 6.45) is 32.8. The molecular formula is C29H59NO4Si. The van der Waals surface area contributed by atoms with Gasteiger partial charge < -0.3 is 13.3 Å². The van der Waals surface area contributed by atoms with Crippen LogP contribution in [0.4, 0.5) is 0 Å². The summed E-state index contributed by atoms with van der Waals surface area (Å²) in [5.41, 5.74) is 0. The Balaban J connectivity index is 3.15. The molecular weight excluding hydrogens is 454 g/mol. The first-order valence-corrected chi connectivity index (χ1v) is 16.9. The van der Waals surface area contributed by atoms with Crippen molar-refractivity contribution in [2.45, 2.75) is 154 Å². The topological polar surface area (TPSA) is 57.1 Å². The van der Waals surface area contributed by atoms with Gasteiger partial charge in [-0.25, -0.2) is 9.79 Å². The van der Waals surface area contributed by atoms with Crippen molar-refractivity contribution >= 4 is 14.9 Å². The van der Waals surface area contributed by atoms with Crippen LogP contribution >= 0.6 is 0 Å². The van der Waals surface area contributed by atoms with E-state index in [0.29, 0.717) is 6.54 Å². The summed E-state index contributed by atoms with van der Waals surface area (Å²) in [6, 6.07) is 0.930. The molecule has 208 valence electrons. The van der Waals surface area contributed by atoms with Crippen LogP contribution < -0.4 is 0 Å². The zero-order chi connectivity index (χ0) is 25.7. The van der Waals surface area contributed by atoms with Crippen LogP contribution in [0.25, 0.3) is 0 Å². The van der Waals surface area contributed by atoms with Crippen LogP contribution in [0, 0.1) is 0 Å². The molecule has 0 aliphatic carbocycles. The zero-order valence-corrected chi connectivity index (χ0v) is 24.8. The number of unbranched alkanes of at least 4 members (excludes halogenated alkanes) is 22. The molecule has 0 aromatic heterocycles. The van der Waals surface area contributed by atoms with Crippen molar-refractivity contribution in [2.24, 2.45) is 4.99 Å². The molecule has 0 aliphatic heterocycles. The first-order chi connectivity index (χ1) is 17.2. The number of rotatable bonds is 29. The Bertz CT molecular complexity index is 459. The van der Waals surface area contributed by atoms with Gasteiger partial charge in [0.2, 0.25) is 6.08 Å². The average molecular weight is 514 g/mol. The largest absolute Gasteiger partial charge is 0.500 e. The van der Waals surface area contributed by atoms with Crippen molar-refractivity contribution in [2.75, 3.05) is 27.9 Å². The van der Waals surface area contributed by atoms with Gasteiger partial charge in [0.15, 0.2) is 0 Å². The molecule has 0 aromatic rings. The fraction of sp³-hybridized carbons (Fsp3) is 0.966. The highest BCUT2D eigenvalue weighted by Crippen LogP contribution is 2.19. The SMILES string of the molecule is CO[Si](CCCCCCCCCCCCCCCCCCCCCCCCCN=C=O)(OC)OC. The highest BCUT2D eigenvalue weighted by atomic mass is 28.4. The van der Waals surface area contributed by atoms with E-state index in [0.717, 1.165) is 18.9 Å². The maximum Gasteiger partial charge on any atom is 0.500 e. The molecule has 0 saturated carbocycles. The minimum atomic E-state index is -2.35. The van der Waals surface area contributed by atoms with E-state index in [1.165, 1.54) is 135 Å². The van der Waals surface area contributed by atoms with E-state index >= 15 is 0 Å². The lowest BCUT2D eigenvalue weighted by Crippen LogP contribution is -2.42. The summed E-state index contributed by atoms with van der Waals surface area (Å²) in [4.78, 5) is 13.6. The summed E-state index contributed by atoms with van der Waals surface area (Å²) in [6.45, 7) is 0.661. The summed E-state index contributed by atoms with van der Waals surface area (Å²) in [7, 11) is 2.75. The maximum atomic E-state index is 9.97. The Labute approximate surface area is 219 Å². The van der Waals surface area contributed by atoms with Gasteiger partial charge in [-0.15, -0.1) is 0 Å². The smallest absolute Gasteiger partial charge is 0.377 e. The Kier molecular flexibility index (Phi) is 27.6. The predicted octanol–water partition coefficient (Wildman–Crippen LogP) is 9.17. The molecule has 0 radical (unpaired) electrons. The average Bonchev–Trinajstić information content (AvgIpc) is 2.89. The van der Waals surface area contributed by atoms with E-state index in [1.54, 1.807) is 27.4 Å². The van der Waals surface area contributed by atoms with E-state index in [9.17, 15) is 4.79 Å². The van der Waals surface area contributed by atoms with Crippen LogP contribution in [0.5, 0.6) is 0 Å². The standard InChI is InChI=1S/C29H59NO4Si/c1-32-35(33-2,34-3)28-26-24-22-20-18-16-14-12-10-8-6-4-5-7-9-11-13-15-17-19-21-23-25-27-30-29-31/h4-28H2,1-3H3. The molecule has 0 rings (SSSR count). The molecule has 0 heterocycles. The lowest BCUT2D eigenvalue weighted by Gasteiger charge is -2.24. The number of nitrogens with zero attached hydrogens (tertiary/aromatic N) is 1. The fourth-order valence-corrected chi connectivity index (χ4v) is 6.64. The van der Waals surface area contributed by atoms with Crippen molar-refractivity contribution in [1.82, 2.24) is 0 Å². The van der Waals surface area contributed by atoms with Gasteiger partial charge in [0, 0.05) is 27.4 Å². The quantitative estimate of drug-likeness (QED) is 0.0433. The maximum absolute atomic E-state index is 9.97. The molecule has 0 atom stereocenters. The first-order valence-electron chi connectivity index (χ1n) is 14.9. The van der Waals surface area contributed by atoms with Gasteiger partial charge in [0.25, 0.3) is 0 Å². The van der Waals surface area contributed by atoms with Gasteiger partial charge in [-0.05, 0) is 12.8 Å². The lowest BCUT2D eigenvalue weighted by molar-refractivity contribution is 0.122. The first kappa shape index (κ1) is 34.5. The van der Waals surface area contributed by atoms with Crippen molar-refractivity contribution in [3.63, 3.8) is 0 Å². The van der Waals surface area contributed by atoms with E-state index in [-0.39, 0.29) is 0 Å². The Morgan fingerprint density at radius 3 is 0.971 bits per heavy atom. The van der Waals surface area contributed by atoms with Crippen LogP contribution in [0.2, 0.25) is 6.04 Å². The van der Waals surface area contributed by atoms with E-state index in [2.05, 4.69) is 4.99 Å². The third-order valence-corrected chi connectivity index (χ3v) is 10.1. The molecule has 5 nitrogen and oxygen atoms in total. The molecule has 0 spiro atoms. The summed E-state index contributed by atoms with van der Waals surface area (Å²) < 4.78 is 16.4. The van der Waals surface area contributed by atoms with Gasteiger partial charge in [-0.1, -0.05) is 135 Å². The van der Waals surface area contributed by atoms with Gasteiger partial charge in [-0.3, -0.25) is 0 Å². The lowest BCUT2D eigenvalue weighted by atomic mass is 10.0. The molecule has 0 N–H and O–H groups in total. The monoisotopic (exact) mass is 513 g/mol. The normalized spacial score (nSPS) is 11.6. The number of hydrogen-bond acceptors (Lipinski definition) is 5. The molecule has 0 unspecified atom stereocenters. The molecule has 6 heteroatoms. The number of aliphatic imine (C=N–C) groups is 1. The highest BCUT2D eigenvalue weighted by Gasteiger charge is 2.36. The van der Waals surface area contributed by atoms with Crippen LogP contribution in [-0.2, 0) is 18.1 Å². The highest BCUT2D eigenvalue weighted by molar-refractivity contribution is 6.60. The van der Waals surface area contributed by atoms with Crippen molar-refractivity contribution in [3.05, 3.63) is 0 Å². The van der Waals surface area contributed by atoms with E-state index < -0.39 is 8.80 Å². The third-order valence-electron chi connectivity index (χ3n) is 7.25. The minimum Gasteiger partial charge on any atom is -0.377 e. The van der Waals surface area contributed by atoms with Crippen LogP contribution in [0.3, 0.4) is 0 Å². The van der Waals surface area contributed by atoms with E-state index in [4.69, 9.17) is 13.3 Å². The van der Waals surface area contributed by atoms with Crippen molar-refractivity contribution in [1.29, 1.82) is 0 Å². The van der Waals surface area contributed by atoms with Crippen molar-refractivity contribution < 1.29 is 18.1 Å². The second-order valence-corrected chi connectivity index (χ2v) is 13.2. The molecule has 0 aliphatic rings. The van der Waals surface area contributed by atoms with Gasteiger partial charge in [0.05, 0.1) is 6.54 Å². The van der Waals surface area contributed by atoms with Crippen LogP contribution in [0.15, 0.2) is 4.99 Å². The van der Waals surface area contributed by atoms with Crippen LogP contribution in [-0.4, -0.2) is 42.8 Å². The molecule has 0 bridgehead atoms. The number of hydrogen-bond donors (Lipinski definition) is 0. The van der Waals surface area contributed by atoms with Gasteiger partial charge in [0.1, 0.15) is 0 Å². The Morgan fingerprint density at radius 2 is 0.714 bits per heavy atom. The fourth-order valence-electron chi connectivity index (χ4n) is 4.85. The second kappa shape index (κ2) is 28.1. The summed E-state index contributed by atoms with van der Waals surface area (Å²) in [5.74, 6) is 0. The van der Waals surface area contributed by atoms with Crippen molar-refractivity contribution in [3.8, 4) is 0 Å². The Hall–Kier alpha value is -0.523. The molecule has 0 fully saturated rings. The second-order valence-electron chi connectivity index (χ2n) is 10.2. The van der Waals surface area contributed by atoms with Crippen LogP contribution in [0.1, 0.15) is 148 Å². The molecule has 0 amide bonds. The molecule has 35 heavy (non-hydrogen) atoms. The molecule has 0 aromatic carbocycles. The molecule has 0 saturated heterocycles. The van der Waals surface area contributed by atoms with Gasteiger partial charge >= 0.3 is 8.80 Å². The summed E-state index contributed by atoms with van der Waals surface area (Å²) >= 11 is 0. The summed E-state index contributed by atoms with van der Waals surface area (Å²) in [5, 5.41) is 0.